The number of benzene rings is 4. The van der Waals surface area contributed by atoms with E-state index in [0.717, 1.165) is 11.2 Å². The monoisotopic (exact) mass is 436 g/mol. The van der Waals surface area contributed by atoms with Crippen LogP contribution in [0.25, 0.3) is 62.9 Å². The van der Waals surface area contributed by atoms with E-state index in [0.29, 0.717) is 0 Å². The predicted octanol–water partition coefficient (Wildman–Crippen LogP) is 7.97. The lowest BCUT2D eigenvalue weighted by Gasteiger charge is -2.02. The Morgan fingerprint density at radius 3 is 2.35 bits per heavy atom. The summed E-state index contributed by atoms with van der Waals surface area (Å²) in [6, 6.07) is 26.0. The smallest absolute Gasteiger partial charge is 0.274 e. The minimum absolute atomic E-state index is 0.978. The molecule has 0 aliphatic rings. The normalized spacial score (nSPS) is 12.2. The number of thiazole rings is 1. The Morgan fingerprint density at radius 1 is 0.710 bits per heavy atom. The SMILES string of the molecule is Cc1ccc2c(oc3c4ccccc4ccc23)c1-c1sc2sc3ccccc3c2[n+]1C. The van der Waals surface area contributed by atoms with Crippen LogP contribution >= 0.6 is 22.7 Å². The number of thiophene rings is 1. The molecule has 0 radical (unpaired) electrons. The predicted molar refractivity (Wildman–Crippen MR) is 133 cm³/mol. The Morgan fingerprint density at radius 2 is 1.45 bits per heavy atom. The average Bonchev–Trinajstić information content (AvgIpc) is 3.44. The molecule has 0 unspecified atom stereocenters. The highest BCUT2D eigenvalue weighted by atomic mass is 32.2. The number of hydrogen-bond donors (Lipinski definition) is 0. The summed E-state index contributed by atoms with van der Waals surface area (Å²) in [6.45, 7) is 2.19. The van der Waals surface area contributed by atoms with Crippen molar-refractivity contribution in [2.24, 2.45) is 7.05 Å². The van der Waals surface area contributed by atoms with E-state index >= 15 is 0 Å². The van der Waals surface area contributed by atoms with Crippen LogP contribution in [0.15, 0.2) is 77.2 Å². The minimum Gasteiger partial charge on any atom is -0.454 e. The van der Waals surface area contributed by atoms with Gasteiger partial charge in [-0.3, -0.25) is 0 Å². The van der Waals surface area contributed by atoms with Gasteiger partial charge in [0.05, 0.1) is 5.39 Å². The van der Waals surface area contributed by atoms with E-state index in [1.165, 1.54) is 57.3 Å². The molecule has 31 heavy (non-hydrogen) atoms. The molecule has 0 saturated carbocycles. The second-order valence-electron chi connectivity index (χ2n) is 8.10. The maximum Gasteiger partial charge on any atom is 0.274 e. The quantitative estimate of drug-likeness (QED) is 0.239. The number of hydrogen-bond acceptors (Lipinski definition) is 3. The van der Waals surface area contributed by atoms with Gasteiger partial charge in [-0.15, -0.1) is 11.3 Å². The summed E-state index contributed by atoms with van der Waals surface area (Å²) in [7, 11) is 2.18. The van der Waals surface area contributed by atoms with Crippen LogP contribution in [0.2, 0.25) is 0 Å². The lowest BCUT2D eigenvalue weighted by atomic mass is 10.0. The first-order valence-corrected chi connectivity index (χ1v) is 12.0. The zero-order chi connectivity index (χ0) is 20.7. The zero-order valence-electron chi connectivity index (χ0n) is 17.1. The Balaban J connectivity index is 1.61. The fourth-order valence-corrected chi connectivity index (χ4v) is 7.55. The average molecular weight is 437 g/mol. The van der Waals surface area contributed by atoms with Crippen LogP contribution in [0, 0.1) is 6.92 Å². The number of nitrogens with zero attached hydrogens (tertiary/aromatic N) is 1. The van der Waals surface area contributed by atoms with E-state index in [1.54, 1.807) is 0 Å². The highest BCUT2D eigenvalue weighted by Crippen LogP contribution is 2.44. The molecule has 0 N–H and O–H groups in total. The Labute approximate surface area is 186 Å². The third kappa shape index (κ3) is 2.29. The number of aromatic nitrogens is 1. The Bertz CT molecular complexity index is 1820. The molecule has 0 aliphatic heterocycles. The van der Waals surface area contributed by atoms with Crippen LogP contribution in [0.3, 0.4) is 0 Å². The van der Waals surface area contributed by atoms with Gasteiger partial charge in [-0.2, -0.15) is 4.57 Å². The Kier molecular flexibility index (Phi) is 3.47. The summed E-state index contributed by atoms with van der Waals surface area (Å²) < 4.78 is 11.7. The van der Waals surface area contributed by atoms with Crippen LogP contribution in [0.1, 0.15) is 5.56 Å². The first kappa shape index (κ1) is 17.5. The fraction of sp³-hybridized carbons (Fsp3) is 0.0741. The van der Waals surface area contributed by atoms with Gasteiger partial charge in [0.2, 0.25) is 5.52 Å². The molecule has 0 atom stereocenters. The van der Waals surface area contributed by atoms with E-state index in [-0.39, 0.29) is 0 Å². The summed E-state index contributed by atoms with van der Waals surface area (Å²) in [5, 5.41) is 7.32. The summed E-state index contributed by atoms with van der Waals surface area (Å²) in [6.07, 6.45) is 0. The molecule has 3 heterocycles. The van der Waals surface area contributed by atoms with Gasteiger partial charge in [0, 0.05) is 20.9 Å². The molecule has 7 rings (SSSR count). The van der Waals surface area contributed by atoms with Gasteiger partial charge in [0.1, 0.15) is 18.2 Å². The van der Waals surface area contributed by atoms with E-state index in [1.807, 2.05) is 22.7 Å². The third-order valence-corrected chi connectivity index (χ3v) is 8.83. The van der Waals surface area contributed by atoms with Gasteiger partial charge in [0.15, 0.2) is 9.60 Å². The number of aryl methyl sites for hydroxylation is 2. The van der Waals surface area contributed by atoms with Gasteiger partial charge < -0.3 is 4.42 Å². The molecule has 0 bridgehead atoms. The summed E-state index contributed by atoms with van der Waals surface area (Å²) in [4.78, 5) is 0. The Hall–Kier alpha value is -3.21. The van der Waals surface area contributed by atoms with Gasteiger partial charge in [0.25, 0.3) is 5.01 Å². The number of fused-ring (bicyclic) bond motifs is 8. The van der Waals surface area contributed by atoms with E-state index in [2.05, 4.69) is 91.3 Å². The van der Waals surface area contributed by atoms with Crippen LogP contribution in [0.4, 0.5) is 0 Å². The van der Waals surface area contributed by atoms with Crippen molar-refractivity contribution in [1.29, 1.82) is 0 Å². The van der Waals surface area contributed by atoms with Crippen molar-refractivity contribution in [3.8, 4) is 10.6 Å². The van der Waals surface area contributed by atoms with Crippen molar-refractivity contribution in [1.82, 2.24) is 0 Å². The first-order chi connectivity index (χ1) is 15.2. The van der Waals surface area contributed by atoms with Crippen molar-refractivity contribution in [2.45, 2.75) is 6.92 Å². The number of furan rings is 1. The van der Waals surface area contributed by atoms with E-state index in [9.17, 15) is 0 Å². The lowest BCUT2D eigenvalue weighted by Crippen LogP contribution is -2.28. The van der Waals surface area contributed by atoms with Crippen molar-refractivity contribution >= 4 is 75.0 Å². The molecule has 0 spiro atoms. The largest absolute Gasteiger partial charge is 0.454 e. The molecule has 0 amide bonds. The van der Waals surface area contributed by atoms with Crippen molar-refractivity contribution in [3.05, 3.63) is 78.4 Å². The van der Waals surface area contributed by atoms with Gasteiger partial charge >= 0.3 is 0 Å². The summed E-state index contributed by atoms with van der Waals surface area (Å²) >= 11 is 3.74. The van der Waals surface area contributed by atoms with Crippen LogP contribution < -0.4 is 4.57 Å². The first-order valence-electron chi connectivity index (χ1n) is 10.3. The highest BCUT2D eigenvalue weighted by molar-refractivity contribution is 7.42. The molecule has 3 aromatic heterocycles. The fourth-order valence-electron chi connectivity index (χ4n) is 4.80. The van der Waals surface area contributed by atoms with Gasteiger partial charge in [-0.25, -0.2) is 0 Å². The van der Waals surface area contributed by atoms with E-state index < -0.39 is 0 Å². The van der Waals surface area contributed by atoms with Crippen LogP contribution in [0.5, 0.6) is 0 Å². The molecule has 148 valence electrons. The minimum atomic E-state index is 0.978. The zero-order valence-corrected chi connectivity index (χ0v) is 18.7. The standard InChI is InChI=1S/C27H18NOS2/c1-15-11-13-19-18-14-12-16-7-3-4-8-17(16)24(18)29-25(19)22(15)26-28(2)23-20-9-5-6-10-21(20)30-27(23)31-26/h3-14H,1-2H3/q+1. The van der Waals surface area contributed by atoms with Crippen molar-refractivity contribution in [3.63, 3.8) is 0 Å². The second kappa shape index (κ2) is 6.16. The molecule has 7 aromatic rings. The van der Waals surface area contributed by atoms with Crippen molar-refractivity contribution < 1.29 is 8.98 Å². The maximum atomic E-state index is 6.64. The highest BCUT2D eigenvalue weighted by Gasteiger charge is 2.28. The molecule has 0 saturated heterocycles. The molecule has 0 aliphatic carbocycles. The van der Waals surface area contributed by atoms with E-state index in [4.69, 9.17) is 4.42 Å². The van der Waals surface area contributed by atoms with Crippen LogP contribution in [-0.2, 0) is 7.05 Å². The summed E-state index contributed by atoms with van der Waals surface area (Å²) in [5.41, 5.74) is 5.73. The molecule has 2 nitrogen and oxygen atoms in total. The molecule has 4 heteroatoms. The van der Waals surface area contributed by atoms with Crippen LogP contribution in [-0.4, -0.2) is 0 Å². The third-order valence-electron chi connectivity index (χ3n) is 6.32. The number of rotatable bonds is 1. The molecular formula is C27H18NOS2+. The van der Waals surface area contributed by atoms with Gasteiger partial charge in [-0.1, -0.05) is 65.9 Å². The lowest BCUT2D eigenvalue weighted by molar-refractivity contribution is -0.628. The molecule has 4 aromatic carbocycles. The van der Waals surface area contributed by atoms with Crippen molar-refractivity contribution in [2.75, 3.05) is 0 Å². The molecule has 0 fully saturated rings. The second-order valence-corrected chi connectivity index (χ2v) is 10.4. The summed E-state index contributed by atoms with van der Waals surface area (Å²) in [5.74, 6) is 0. The maximum absolute atomic E-state index is 6.64. The topological polar surface area (TPSA) is 17.0 Å². The molecular weight excluding hydrogens is 418 g/mol. The van der Waals surface area contributed by atoms with Gasteiger partial charge in [-0.05, 0) is 36.1 Å².